The Kier molecular flexibility index (Phi) is 2.96. The second kappa shape index (κ2) is 4.47. The van der Waals surface area contributed by atoms with Crippen molar-refractivity contribution < 1.29 is 29.6 Å². The van der Waals surface area contributed by atoms with E-state index in [1.165, 1.54) is 19.3 Å². The molecule has 0 saturated heterocycles. The fourth-order valence-electron chi connectivity index (χ4n) is 2.96. The third kappa shape index (κ3) is 1.99. The number of phenols is 1. The number of esters is 1. The molecule has 1 aromatic carbocycles. The molecule has 3 atom stereocenters. The van der Waals surface area contributed by atoms with Crippen LogP contribution in [0.1, 0.15) is 29.3 Å². The largest absolute Gasteiger partial charge is 0.507 e. The molecular weight excluding hydrogens is 276 g/mol. The van der Waals surface area contributed by atoms with Crippen molar-refractivity contribution >= 4 is 11.5 Å². The Morgan fingerprint density at radius 1 is 1.38 bits per heavy atom. The van der Waals surface area contributed by atoms with Gasteiger partial charge >= 0.3 is 5.97 Å². The zero-order valence-electron chi connectivity index (χ0n) is 11.7. The molecule has 1 aromatic rings. The number of aliphatic hydroxyl groups is 2. The first-order valence-electron chi connectivity index (χ1n) is 6.59. The average molecular weight is 292 g/mol. The molecule has 1 aliphatic carbocycles. The molecule has 0 spiro atoms. The summed E-state index contributed by atoms with van der Waals surface area (Å²) in [4.78, 5) is 12.2. The van der Waals surface area contributed by atoms with Gasteiger partial charge in [0, 0.05) is 23.6 Å². The molecule has 0 aromatic heterocycles. The molecule has 0 amide bonds. The topological polar surface area (TPSA) is 96.2 Å². The number of carbonyl (C=O) groups is 1. The smallest absolute Gasteiger partial charge is 0.343 e. The van der Waals surface area contributed by atoms with E-state index in [2.05, 4.69) is 0 Å². The van der Waals surface area contributed by atoms with Crippen molar-refractivity contribution in [3.63, 3.8) is 0 Å². The molecule has 3 rings (SSSR count). The lowest BCUT2D eigenvalue weighted by Gasteiger charge is -2.42. The lowest BCUT2D eigenvalue weighted by Crippen LogP contribution is -2.47. The Labute approximate surface area is 121 Å². The Morgan fingerprint density at radius 3 is 2.76 bits per heavy atom. The maximum atomic E-state index is 12.2. The number of fused-ring (bicyclic) bond motifs is 3. The fourth-order valence-corrected chi connectivity index (χ4v) is 2.96. The predicted molar refractivity (Wildman–Crippen MR) is 73.1 cm³/mol. The monoisotopic (exact) mass is 292 g/mol. The van der Waals surface area contributed by atoms with Crippen molar-refractivity contribution in [2.45, 2.75) is 31.2 Å². The van der Waals surface area contributed by atoms with Gasteiger partial charge in [0.05, 0.1) is 19.3 Å². The van der Waals surface area contributed by atoms with Gasteiger partial charge < -0.3 is 24.8 Å². The molecule has 2 aliphatic rings. The number of benzene rings is 1. The third-order valence-corrected chi connectivity index (χ3v) is 4.04. The summed E-state index contributed by atoms with van der Waals surface area (Å²) in [5, 5.41) is 29.7. The van der Waals surface area contributed by atoms with Crippen LogP contribution >= 0.6 is 0 Å². The van der Waals surface area contributed by atoms with Crippen LogP contribution in [-0.4, -0.2) is 46.2 Å². The molecule has 0 radical (unpaired) electrons. The van der Waals surface area contributed by atoms with Crippen LogP contribution in [0, 0.1) is 0 Å². The fraction of sp³-hybridized carbons (Fsp3) is 0.400. The highest BCUT2D eigenvalue weighted by Crippen LogP contribution is 2.47. The number of aliphatic hydroxyl groups excluding tert-OH is 2. The van der Waals surface area contributed by atoms with Crippen molar-refractivity contribution in [1.82, 2.24) is 0 Å². The SMILES string of the molecule is COc1cc(O)c2c(c1)C1=C[C@H](O)[C@H](O)C[C@]1(C)OC2=O. The highest BCUT2D eigenvalue weighted by molar-refractivity contribution is 6.03. The van der Waals surface area contributed by atoms with Gasteiger partial charge in [0.15, 0.2) is 0 Å². The Morgan fingerprint density at radius 2 is 2.10 bits per heavy atom. The van der Waals surface area contributed by atoms with Gasteiger partial charge in [-0.1, -0.05) is 0 Å². The highest BCUT2D eigenvalue weighted by atomic mass is 16.6. The van der Waals surface area contributed by atoms with Gasteiger partial charge in [-0.3, -0.25) is 0 Å². The normalized spacial score (nSPS) is 30.9. The quantitative estimate of drug-likeness (QED) is 0.664. The maximum absolute atomic E-state index is 12.2. The van der Waals surface area contributed by atoms with Gasteiger partial charge in [0.2, 0.25) is 0 Å². The minimum Gasteiger partial charge on any atom is -0.507 e. The van der Waals surface area contributed by atoms with Crippen LogP contribution in [0.25, 0.3) is 5.57 Å². The molecule has 21 heavy (non-hydrogen) atoms. The third-order valence-electron chi connectivity index (χ3n) is 4.04. The summed E-state index contributed by atoms with van der Waals surface area (Å²) in [6.45, 7) is 1.67. The molecule has 6 nitrogen and oxygen atoms in total. The summed E-state index contributed by atoms with van der Waals surface area (Å²) in [6, 6.07) is 2.95. The van der Waals surface area contributed by atoms with Crippen LogP contribution < -0.4 is 4.74 Å². The zero-order chi connectivity index (χ0) is 15.4. The summed E-state index contributed by atoms with van der Waals surface area (Å²) in [5.74, 6) is -0.504. The summed E-state index contributed by atoms with van der Waals surface area (Å²) >= 11 is 0. The van der Waals surface area contributed by atoms with Crippen molar-refractivity contribution in [2.24, 2.45) is 0 Å². The molecule has 112 valence electrons. The van der Waals surface area contributed by atoms with E-state index < -0.39 is 23.8 Å². The number of ether oxygens (including phenoxy) is 2. The zero-order valence-corrected chi connectivity index (χ0v) is 11.7. The number of hydrogen-bond acceptors (Lipinski definition) is 6. The summed E-state index contributed by atoms with van der Waals surface area (Å²) in [6.07, 6.45) is -0.514. The summed E-state index contributed by atoms with van der Waals surface area (Å²) in [5.41, 5.74) is 0.0189. The van der Waals surface area contributed by atoms with Gasteiger partial charge in [0.25, 0.3) is 0 Å². The number of aromatic hydroxyl groups is 1. The van der Waals surface area contributed by atoms with E-state index in [0.29, 0.717) is 16.9 Å². The van der Waals surface area contributed by atoms with E-state index in [1.54, 1.807) is 13.0 Å². The standard InChI is InChI=1S/C15H16O6/c1-15-6-12(18)10(16)5-9(15)8-3-7(20-2)4-11(17)13(8)14(19)21-15/h3-5,10,12,16-18H,6H2,1-2H3/t10-,12+,15-/m0/s1. The first kappa shape index (κ1) is 13.9. The van der Waals surface area contributed by atoms with E-state index >= 15 is 0 Å². The van der Waals surface area contributed by atoms with E-state index in [4.69, 9.17) is 9.47 Å². The minimum atomic E-state index is -1.05. The molecule has 3 N–H and O–H groups in total. The van der Waals surface area contributed by atoms with E-state index in [1.807, 2.05) is 0 Å². The summed E-state index contributed by atoms with van der Waals surface area (Å²) in [7, 11) is 1.45. The molecule has 1 heterocycles. The number of hydrogen-bond donors (Lipinski definition) is 3. The van der Waals surface area contributed by atoms with E-state index in [9.17, 15) is 20.1 Å². The minimum absolute atomic E-state index is 0.0446. The first-order valence-corrected chi connectivity index (χ1v) is 6.59. The van der Waals surface area contributed by atoms with Gasteiger partial charge in [0.1, 0.15) is 22.7 Å². The van der Waals surface area contributed by atoms with Crippen LogP contribution in [0.3, 0.4) is 0 Å². The molecule has 0 unspecified atom stereocenters. The Hall–Kier alpha value is -2.05. The number of rotatable bonds is 1. The second-order valence-corrected chi connectivity index (χ2v) is 5.53. The van der Waals surface area contributed by atoms with Crippen molar-refractivity contribution in [3.8, 4) is 11.5 Å². The Bertz CT molecular complexity index is 650. The van der Waals surface area contributed by atoms with Crippen molar-refractivity contribution in [1.29, 1.82) is 0 Å². The second-order valence-electron chi connectivity index (χ2n) is 5.53. The Balaban J connectivity index is 2.26. The summed E-state index contributed by atoms with van der Waals surface area (Å²) < 4.78 is 10.5. The van der Waals surface area contributed by atoms with Gasteiger partial charge in [-0.15, -0.1) is 0 Å². The molecule has 1 aliphatic heterocycles. The molecule has 0 fully saturated rings. The van der Waals surface area contributed by atoms with Crippen LogP contribution in [-0.2, 0) is 4.74 Å². The van der Waals surface area contributed by atoms with Gasteiger partial charge in [-0.05, 0) is 19.1 Å². The van der Waals surface area contributed by atoms with E-state index in [-0.39, 0.29) is 17.7 Å². The van der Waals surface area contributed by atoms with Crippen molar-refractivity contribution in [2.75, 3.05) is 7.11 Å². The van der Waals surface area contributed by atoms with Crippen LogP contribution in [0.5, 0.6) is 11.5 Å². The van der Waals surface area contributed by atoms with Crippen LogP contribution in [0.15, 0.2) is 18.2 Å². The molecular formula is C15H16O6. The average Bonchev–Trinajstić information content (AvgIpc) is 2.40. The van der Waals surface area contributed by atoms with Crippen molar-refractivity contribution in [3.05, 3.63) is 29.3 Å². The number of methoxy groups -OCH3 is 1. The highest BCUT2D eigenvalue weighted by Gasteiger charge is 2.47. The molecule has 0 bridgehead atoms. The maximum Gasteiger partial charge on any atom is 0.343 e. The molecule has 6 heteroatoms. The van der Waals surface area contributed by atoms with Gasteiger partial charge in [-0.25, -0.2) is 4.79 Å². The lowest BCUT2D eigenvalue weighted by atomic mass is 9.75. The van der Waals surface area contributed by atoms with Crippen LogP contribution in [0.4, 0.5) is 0 Å². The number of carbonyl (C=O) groups excluding carboxylic acids is 1. The van der Waals surface area contributed by atoms with Crippen LogP contribution in [0.2, 0.25) is 0 Å². The van der Waals surface area contributed by atoms with Gasteiger partial charge in [-0.2, -0.15) is 0 Å². The predicted octanol–water partition coefficient (Wildman–Crippen LogP) is 0.839. The number of phenolic OH excluding ortho intramolecular Hbond substituents is 1. The lowest BCUT2D eigenvalue weighted by molar-refractivity contribution is -0.0387. The first-order chi connectivity index (χ1) is 9.85. The van der Waals surface area contributed by atoms with E-state index in [0.717, 1.165) is 0 Å². The molecule has 0 saturated carbocycles.